The first-order chi connectivity index (χ1) is 5.70. The molecule has 0 bridgehead atoms. The Balaban J connectivity index is 2.55. The van der Waals surface area contributed by atoms with E-state index in [2.05, 4.69) is 0 Å². The maximum absolute atomic E-state index is 9.52. The van der Waals surface area contributed by atoms with Gasteiger partial charge in [0.15, 0.2) is 0 Å². The minimum absolute atomic E-state index is 0.179. The predicted molar refractivity (Wildman–Crippen MR) is 47.8 cm³/mol. The minimum Gasteiger partial charge on any atom is -0.391 e. The van der Waals surface area contributed by atoms with E-state index in [1.54, 1.807) is 0 Å². The van der Waals surface area contributed by atoms with Crippen LogP contribution in [-0.2, 0) is 6.42 Å². The molecule has 1 aromatic rings. The fourth-order valence-corrected chi connectivity index (χ4v) is 1.94. The molecule has 0 saturated heterocycles. The van der Waals surface area contributed by atoms with Crippen molar-refractivity contribution < 1.29 is 5.11 Å². The number of aliphatic hydroxyl groups is 1. The van der Waals surface area contributed by atoms with Gasteiger partial charge in [-0.2, -0.15) is 0 Å². The first-order valence-electron chi connectivity index (χ1n) is 4.22. The molecule has 0 amide bonds. The van der Waals surface area contributed by atoms with Crippen LogP contribution in [0.25, 0.3) is 0 Å². The Morgan fingerprint density at radius 1 is 1.50 bits per heavy atom. The Morgan fingerprint density at radius 3 is 2.92 bits per heavy atom. The summed E-state index contributed by atoms with van der Waals surface area (Å²) in [5.41, 5.74) is 9.38. The summed E-state index contributed by atoms with van der Waals surface area (Å²) in [7, 11) is 0. The van der Waals surface area contributed by atoms with Gasteiger partial charge in [-0.3, -0.25) is 0 Å². The highest BCUT2D eigenvalue weighted by molar-refractivity contribution is 5.41. The van der Waals surface area contributed by atoms with Crippen molar-refractivity contribution in [2.45, 2.75) is 25.5 Å². The van der Waals surface area contributed by atoms with Crippen LogP contribution < -0.4 is 5.73 Å². The second kappa shape index (κ2) is 2.57. The van der Waals surface area contributed by atoms with E-state index in [1.807, 2.05) is 25.1 Å². The maximum Gasteiger partial charge on any atom is 0.0773 e. The molecular formula is C10H13NO. The molecule has 0 aliphatic heterocycles. The zero-order valence-electron chi connectivity index (χ0n) is 7.12. The van der Waals surface area contributed by atoms with E-state index in [-0.39, 0.29) is 12.1 Å². The molecule has 2 heteroatoms. The number of aliphatic hydroxyl groups excluding tert-OH is 1. The Labute approximate surface area is 72.0 Å². The van der Waals surface area contributed by atoms with Crippen LogP contribution in [0.4, 0.5) is 0 Å². The number of hydrogen-bond acceptors (Lipinski definition) is 2. The molecule has 2 nitrogen and oxygen atoms in total. The minimum atomic E-state index is -0.388. The highest BCUT2D eigenvalue weighted by Gasteiger charge is 2.28. The summed E-state index contributed by atoms with van der Waals surface area (Å²) in [5, 5.41) is 9.52. The van der Waals surface area contributed by atoms with Crippen molar-refractivity contribution in [3.05, 3.63) is 34.9 Å². The van der Waals surface area contributed by atoms with Gasteiger partial charge >= 0.3 is 0 Å². The first kappa shape index (κ1) is 7.77. The summed E-state index contributed by atoms with van der Waals surface area (Å²) in [6, 6.07) is 5.91. The third kappa shape index (κ3) is 0.958. The number of aryl methyl sites for hydroxylation is 1. The van der Waals surface area contributed by atoms with Crippen molar-refractivity contribution in [1.82, 2.24) is 0 Å². The molecule has 64 valence electrons. The van der Waals surface area contributed by atoms with Crippen LogP contribution >= 0.6 is 0 Å². The average molecular weight is 163 g/mol. The molecule has 0 fully saturated rings. The van der Waals surface area contributed by atoms with E-state index < -0.39 is 0 Å². The van der Waals surface area contributed by atoms with Crippen LogP contribution in [-0.4, -0.2) is 11.2 Å². The highest BCUT2D eigenvalue weighted by atomic mass is 16.3. The molecule has 0 spiro atoms. The van der Waals surface area contributed by atoms with Crippen LogP contribution in [0.5, 0.6) is 0 Å². The lowest BCUT2D eigenvalue weighted by molar-refractivity contribution is 0.158. The monoisotopic (exact) mass is 163 g/mol. The second-order valence-electron chi connectivity index (χ2n) is 3.44. The van der Waals surface area contributed by atoms with Crippen molar-refractivity contribution in [3.8, 4) is 0 Å². The van der Waals surface area contributed by atoms with E-state index in [1.165, 1.54) is 11.1 Å². The van der Waals surface area contributed by atoms with Gasteiger partial charge in [0, 0.05) is 6.42 Å². The lowest BCUT2D eigenvalue weighted by Gasteiger charge is -2.10. The first-order valence-corrected chi connectivity index (χ1v) is 4.22. The number of rotatable bonds is 0. The number of fused-ring (bicyclic) bond motifs is 1. The van der Waals surface area contributed by atoms with Gasteiger partial charge in [0.2, 0.25) is 0 Å². The molecule has 0 heterocycles. The molecule has 2 atom stereocenters. The molecular weight excluding hydrogens is 150 g/mol. The number of nitrogens with two attached hydrogens (primary N) is 1. The molecule has 3 N–H and O–H groups in total. The van der Waals surface area contributed by atoms with E-state index in [0.29, 0.717) is 6.42 Å². The Bertz CT molecular complexity index is 309. The Hall–Kier alpha value is -0.860. The maximum atomic E-state index is 9.52. The summed E-state index contributed by atoms with van der Waals surface area (Å²) in [6.45, 7) is 2.04. The van der Waals surface area contributed by atoms with E-state index >= 15 is 0 Å². The average Bonchev–Trinajstić information content (AvgIpc) is 2.29. The quantitative estimate of drug-likeness (QED) is 0.597. The molecule has 12 heavy (non-hydrogen) atoms. The number of hydrogen-bond donors (Lipinski definition) is 2. The topological polar surface area (TPSA) is 46.2 Å². The largest absolute Gasteiger partial charge is 0.391 e. The summed E-state index contributed by atoms with van der Waals surface area (Å²) >= 11 is 0. The van der Waals surface area contributed by atoms with Gasteiger partial charge < -0.3 is 10.8 Å². The second-order valence-corrected chi connectivity index (χ2v) is 3.44. The summed E-state index contributed by atoms with van der Waals surface area (Å²) in [6.07, 6.45) is 0.319. The third-order valence-corrected chi connectivity index (χ3v) is 2.59. The van der Waals surface area contributed by atoms with Crippen molar-refractivity contribution in [2.75, 3.05) is 0 Å². The summed E-state index contributed by atoms with van der Waals surface area (Å²) < 4.78 is 0. The van der Waals surface area contributed by atoms with Gasteiger partial charge in [-0.25, -0.2) is 0 Å². The van der Waals surface area contributed by atoms with Gasteiger partial charge in [0.1, 0.15) is 0 Å². The molecule has 0 radical (unpaired) electrons. The molecule has 1 aromatic carbocycles. The van der Waals surface area contributed by atoms with Crippen molar-refractivity contribution in [1.29, 1.82) is 0 Å². The van der Waals surface area contributed by atoms with Crippen LogP contribution in [0.15, 0.2) is 18.2 Å². The molecule has 1 aliphatic carbocycles. The van der Waals surface area contributed by atoms with Gasteiger partial charge in [0.05, 0.1) is 12.1 Å². The molecule has 1 aliphatic rings. The van der Waals surface area contributed by atoms with Crippen molar-refractivity contribution in [2.24, 2.45) is 5.73 Å². The lowest BCUT2D eigenvalue weighted by atomic mass is 10.0. The van der Waals surface area contributed by atoms with Gasteiger partial charge in [0.25, 0.3) is 0 Å². The zero-order valence-corrected chi connectivity index (χ0v) is 7.12. The van der Waals surface area contributed by atoms with Crippen LogP contribution in [0, 0.1) is 6.92 Å². The molecule has 2 rings (SSSR count). The molecule has 0 saturated carbocycles. The van der Waals surface area contributed by atoms with E-state index in [0.717, 1.165) is 5.56 Å². The Kier molecular flexibility index (Phi) is 1.67. The van der Waals surface area contributed by atoms with Gasteiger partial charge in [-0.15, -0.1) is 0 Å². The van der Waals surface area contributed by atoms with Crippen molar-refractivity contribution >= 4 is 0 Å². The summed E-state index contributed by atoms with van der Waals surface area (Å²) in [5.74, 6) is 0. The van der Waals surface area contributed by atoms with Gasteiger partial charge in [-0.05, 0) is 23.6 Å². The predicted octanol–water partition coefficient (Wildman–Crippen LogP) is 0.912. The molecule has 0 unspecified atom stereocenters. The van der Waals surface area contributed by atoms with Crippen LogP contribution in [0.2, 0.25) is 0 Å². The fraction of sp³-hybridized carbons (Fsp3) is 0.400. The van der Waals surface area contributed by atoms with Crippen molar-refractivity contribution in [3.63, 3.8) is 0 Å². The zero-order chi connectivity index (χ0) is 8.72. The molecule has 0 aromatic heterocycles. The lowest BCUT2D eigenvalue weighted by Crippen LogP contribution is -2.21. The Morgan fingerprint density at radius 2 is 2.25 bits per heavy atom. The normalized spacial score (nSPS) is 27.2. The highest BCUT2D eigenvalue weighted by Crippen LogP contribution is 2.31. The van der Waals surface area contributed by atoms with Gasteiger partial charge in [-0.1, -0.05) is 18.2 Å². The SMILES string of the molecule is Cc1cccc2c1[C@H](N)[C@H](O)C2. The fourth-order valence-electron chi connectivity index (χ4n) is 1.94. The number of benzene rings is 1. The van der Waals surface area contributed by atoms with Crippen LogP contribution in [0.3, 0.4) is 0 Å². The third-order valence-electron chi connectivity index (χ3n) is 2.59. The van der Waals surface area contributed by atoms with E-state index in [9.17, 15) is 5.11 Å². The summed E-state index contributed by atoms with van der Waals surface area (Å²) in [4.78, 5) is 0. The smallest absolute Gasteiger partial charge is 0.0773 e. The van der Waals surface area contributed by atoms with Crippen LogP contribution in [0.1, 0.15) is 22.7 Å². The van der Waals surface area contributed by atoms with E-state index in [4.69, 9.17) is 5.73 Å². The standard InChI is InChI=1S/C10H13NO/c1-6-3-2-4-7-5-8(12)10(11)9(6)7/h2-4,8,10,12H,5,11H2,1H3/t8-,10-/m1/s1.